The normalized spacial score (nSPS) is 20.2. The van der Waals surface area contributed by atoms with Crippen LogP contribution in [0.25, 0.3) is 0 Å². The molecule has 0 aromatic carbocycles. The Morgan fingerprint density at radius 2 is 2.07 bits per heavy atom. The second-order valence-corrected chi connectivity index (χ2v) is 7.54. The maximum Gasteiger partial charge on any atom is 0.194 e. The van der Waals surface area contributed by atoms with Crippen molar-refractivity contribution in [2.75, 3.05) is 44.2 Å². The van der Waals surface area contributed by atoms with E-state index in [-0.39, 0.29) is 0 Å². The summed E-state index contributed by atoms with van der Waals surface area (Å²) in [4.78, 5) is 14.2. The summed E-state index contributed by atoms with van der Waals surface area (Å²) in [7, 11) is 0. The maximum atomic E-state index is 4.99. The van der Waals surface area contributed by atoms with Crippen LogP contribution in [0.2, 0.25) is 0 Å². The van der Waals surface area contributed by atoms with Crippen LogP contribution in [0.3, 0.4) is 0 Å². The Bertz CT molecular complexity index is 792. The summed E-state index contributed by atoms with van der Waals surface area (Å²) in [5.41, 5.74) is 0. The summed E-state index contributed by atoms with van der Waals surface area (Å²) in [6.45, 7) is 10.7. The SMILES string of the molecule is CCNC(=NCC1CCc2nnc(C)n2C1)N1CCN(c2ccccn2)CC1. The summed E-state index contributed by atoms with van der Waals surface area (Å²) in [5.74, 6) is 4.78. The zero-order valence-corrected chi connectivity index (χ0v) is 16.9. The number of anilines is 1. The molecule has 8 heteroatoms. The smallest absolute Gasteiger partial charge is 0.194 e. The number of pyridine rings is 1. The quantitative estimate of drug-likeness (QED) is 0.635. The Labute approximate surface area is 166 Å². The minimum Gasteiger partial charge on any atom is -0.357 e. The number of nitrogens with zero attached hydrogens (tertiary/aromatic N) is 7. The largest absolute Gasteiger partial charge is 0.357 e. The molecular weight excluding hydrogens is 352 g/mol. The lowest BCUT2D eigenvalue weighted by molar-refractivity contribution is 0.354. The molecule has 150 valence electrons. The topological polar surface area (TPSA) is 74.5 Å². The van der Waals surface area contributed by atoms with Crippen molar-refractivity contribution >= 4 is 11.8 Å². The predicted molar refractivity (Wildman–Crippen MR) is 111 cm³/mol. The highest BCUT2D eigenvalue weighted by molar-refractivity contribution is 5.80. The fourth-order valence-corrected chi connectivity index (χ4v) is 4.01. The van der Waals surface area contributed by atoms with Gasteiger partial charge in [-0.15, -0.1) is 10.2 Å². The first-order chi connectivity index (χ1) is 13.7. The Hall–Kier alpha value is -2.64. The highest BCUT2D eigenvalue weighted by atomic mass is 15.4. The monoisotopic (exact) mass is 382 g/mol. The summed E-state index contributed by atoms with van der Waals surface area (Å²) in [5, 5.41) is 12.0. The molecule has 0 saturated carbocycles. The van der Waals surface area contributed by atoms with Gasteiger partial charge in [0.15, 0.2) is 5.96 Å². The second kappa shape index (κ2) is 8.58. The molecule has 2 aromatic heterocycles. The molecule has 0 spiro atoms. The molecule has 2 aromatic rings. The van der Waals surface area contributed by atoms with Crippen LogP contribution < -0.4 is 10.2 Å². The summed E-state index contributed by atoms with van der Waals surface area (Å²) < 4.78 is 2.25. The molecule has 28 heavy (non-hydrogen) atoms. The standard InChI is InChI=1S/C20H30N8/c1-3-21-20(23-14-17-7-8-19-25-24-16(2)28(19)15-17)27-12-10-26(11-13-27)18-6-4-5-9-22-18/h4-6,9,17H,3,7-8,10-15H2,1-2H3,(H,21,23). The van der Waals surface area contributed by atoms with Crippen LogP contribution >= 0.6 is 0 Å². The van der Waals surface area contributed by atoms with E-state index in [1.807, 2.05) is 25.3 Å². The van der Waals surface area contributed by atoms with Crippen molar-refractivity contribution in [3.63, 3.8) is 0 Å². The van der Waals surface area contributed by atoms with Crippen LogP contribution in [0, 0.1) is 12.8 Å². The number of nitrogens with one attached hydrogen (secondary N) is 1. The maximum absolute atomic E-state index is 4.99. The van der Waals surface area contributed by atoms with Crippen LogP contribution in [-0.4, -0.2) is 69.9 Å². The lowest BCUT2D eigenvalue weighted by Gasteiger charge is -2.37. The molecule has 0 radical (unpaired) electrons. The summed E-state index contributed by atoms with van der Waals surface area (Å²) in [6, 6.07) is 6.10. The molecule has 1 unspecified atom stereocenters. The van der Waals surface area contributed by atoms with E-state index in [1.54, 1.807) is 0 Å². The molecule has 1 saturated heterocycles. The average Bonchev–Trinajstić information content (AvgIpc) is 3.12. The lowest BCUT2D eigenvalue weighted by atomic mass is 9.99. The molecule has 1 atom stereocenters. The van der Waals surface area contributed by atoms with Crippen LogP contribution in [0.1, 0.15) is 25.0 Å². The van der Waals surface area contributed by atoms with Gasteiger partial charge >= 0.3 is 0 Å². The van der Waals surface area contributed by atoms with E-state index < -0.39 is 0 Å². The first-order valence-corrected chi connectivity index (χ1v) is 10.3. The van der Waals surface area contributed by atoms with Crippen LogP contribution in [0.4, 0.5) is 5.82 Å². The number of hydrogen-bond donors (Lipinski definition) is 1. The number of aryl methyl sites for hydroxylation is 2. The Balaban J connectivity index is 1.36. The molecule has 0 aliphatic carbocycles. The van der Waals surface area contributed by atoms with E-state index >= 15 is 0 Å². The number of aromatic nitrogens is 4. The van der Waals surface area contributed by atoms with Gasteiger partial charge in [0, 0.05) is 58.4 Å². The minimum atomic E-state index is 0.547. The number of piperazine rings is 1. The van der Waals surface area contributed by atoms with Crippen molar-refractivity contribution in [2.45, 2.75) is 33.2 Å². The van der Waals surface area contributed by atoms with Crippen LogP contribution in [0.5, 0.6) is 0 Å². The van der Waals surface area contributed by atoms with Crippen molar-refractivity contribution < 1.29 is 0 Å². The number of rotatable bonds is 4. The van der Waals surface area contributed by atoms with E-state index in [0.717, 1.165) is 82.1 Å². The van der Waals surface area contributed by atoms with E-state index in [2.05, 4.69) is 47.9 Å². The van der Waals surface area contributed by atoms with Crippen molar-refractivity contribution in [2.24, 2.45) is 10.9 Å². The second-order valence-electron chi connectivity index (χ2n) is 7.54. The molecule has 8 nitrogen and oxygen atoms in total. The number of aliphatic imine (C=N–C) groups is 1. The molecule has 4 heterocycles. The predicted octanol–water partition coefficient (Wildman–Crippen LogP) is 1.33. The van der Waals surface area contributed by atoms with Gasteiger partial charge in [0.05, 0.1) is 0 Å². The van der Waals surface area contributed by atoms with Gasteiger partial charge in [-0.2, -0.15) is 0 Å². The zero-order valence-electron chi connectivity index (χ0n) is 16.9. The van der Waals surface area contributed by atoms with Crippen molar-refractivity contribution in [1.29, 1.82) is 0 Å². The highest BCUT2D eigenvalue weighted by Gasteiger charge is 2.23. The lowest BCUT2D eigenvalue weighted by Crippen LogP contribution is -2.52. The number of fused-ring (bicyclic) bond motifs is 1. The Kier molecular flexibility index (Phi) is 5.73. The molecule has 2 aliphatic heterocycles. The fraction of sp³-hybridized carbons (Fsp3) is 0.600. The molecular formula is C20H30N8. The van der Waals surface area contributed by atoms with Gasteiger partial charge in [0.2, 0.25) is 0 Å². The van der Waals surface area contributed by atoms with E-state index in [0.29, 0.717) is 5.92 Å². The van der Waals surface area contributed by atoms with Gasteiger partial charge in [-0.05, 0) is 38.3 Å². The van der Waals surface area contributed by atoms with Gasteiger partial charge < -0.3 is 19.7 Å². The molecule has 4 rings (SSSR count). The first-order valence-electron chi connectivity index (χ1n) is 10.3. The van der Waals surface area contributed by atoms with E-state index in [4.69, 9.17) is 4.99 Å². The highest BCUT2D eigenvalue weighted by Crippen LogP contribution is 2.20. The zero-order chi connectivity index (χ0) is 19.3. The Morgan fingerprint density at radius 3 is 2.82 bits per heavy atom. The third-order valence-corrected chi connectivity index (χ3v) is 5.62. The Morgan fingerprint density at radius 1 is 1.21 bits per heavy atom. The van der Waals surface area contributed by atoms with Gasteiger partial charge in [0.25, 0.3) is 0 Å². The molecule has 1 fully saturated rings. The average molecular weight is 383 g/mol. The van der Waals surface area contributed by atoms with Crippen molar-refractivity contribution in [1.82, 2.24) is 30.0 Å². The number of hydrogen-bond acceptors (Lipinski definition) is 5. The number of guanidine groups is 1. The van der Waals surface area contributed by atoms with Gasteiger partial charge in [-0.1, -0.05) is 6.07 Å². The van der Waals surface area contributed by atoms with Gasteiger partial charge in [-0.3, -0.25) is 4.99 Å². The van der Waals surface area contributed by atoms with E-state index in [9.17, 15) is 0 Å². The molecule has 0 amide bonds. The van der Waals surface area contributed by atoms with E-state index in [1.165, 1.54) is 0 Å². The van der Waals surface area contributed by atoms with Crippen molar-refractivity contribution in [3.05, 3.63) is 36.0 Å². The van der Waals surface area contributed by atoms with Crippen LogP contribution in [-0.2, 0) is 13.0 Å². The molecule has 0 bridgehead atoms. The van der Waals surface area contributed by atoms with Crippen LogP contribution in [0.15, 0.2) is 29.4 Å². The molecule has 2 aliphatic rings. The minimum absolute atomic E-state index is 0.547. The van der Waals surface area contributed by atoms with Gasteiger partial charge in [-0.25, -0.2) is 4.98 Å². The molecule has 1 N–H and O–H groups in total. The van der Waals surface area contributed by atoms with Crippen molar-refractivity contribution in [3.8, 4) is 0 Å². The fourth-order valence-electron chi connectivity index (χ4n) is 4.01. The third-order valence-electron chi connectivity index (χ3n) is 5.62. The summed E-state index contributed by atoms with van der Waals surface area (Å²) >= 11 is 0. The summed E-state index contributed by atoms with van der Waals surface area (Å²) in [6.07, 6.45) is 4.00. The third kappa shape index (κ3) is 4.10. The first kappa shape index (κ1) is 18.7. The van der Waals surface area contributed by atoms with Gasteiger partial charge in [0.1, 0.15) is 17.5 Å².